The quantitative estimate of drug-likeness (QED) is 0.665. The topological polar surface area (TPSA) is 12.0 Å². The molecule has 0 aromatic heterocycles. The van der Waals surface area contributed by atoms with Gasteiger partial charge in [0.05, 0.1) is 6.04 Å². The van der Waals surface area contributed by atoms with Gasteiger partial charge in [0, 0.05) is 5.69 Å². The van der Waals surface area contributed by atoms with Crippen LogP contribution in [0.5, 0.6) is 0 Å². The normalized spacial score (nSPS) is 13.3. The van der Waals surface area contributed by atoms with Crippen LogP contribution in [0, 0.1) is 0 Å². The molecule has 0 saturated carbocycles. The minimum absolute atomic E-state index is 0.0627. The molecule has 1 aromatic carbocycles. The number of nitrogens with one attached hydrogen (secondary N) is 1. The average Bonchev–Trinajstić information content (AvgIpc) is 2.47. The molecule has 0 amide bonds. The SMILES string of the molecule is C=CC(=C)C(Nc1ccccc1)C(/C=C\CC)=C/C. The second-order valence-corrected chi connectivity index (χ2v) is 4.32. The molecule has 0 bridgehead atoms. The Labute approximate surface area is 117 Å². The van der Waals surface area contributed by atoms with E-state index in [4.69, 9.17) is 0 Å². The van der Waals surface area contributed by atoms with Crippen LogP contribution < -0.4 is 5.32 Å². The number of benzene rings is 1. The lowest BCUT2D eigenvalue weighted by atomic mass is 9.98. The van der Waals surface area contributed by atoms with Crippen LogP contribution in [0.15, 0.2) is 78.9 Å². The second kappa shape index (κ2) is 8.15. The van der Waals surface area contributed by atoms with Gasteiger partial charge in [0.1, 0.15) is 0 Å². The fraction of sp³-hybridized carbons (Fsp3) is 0.222. The Bertz CT molecular complexity index is 466. The van der Waals surface area contributed by atoms with Crippen LogP contribution in [-0.4, -0.2) is 6.04 Å². The summed E-state index contributed by atoms with van der Waals surface area (Å²) in [6.07, 6.45) is 9.25. The highest BCUT2D eigenvalue weighted by atomic mass is 14.9. The lowest BCUT2D eigenvalue weighted by Gasteiger charge is -2.22. The van der Waals surface area contributed by atoms with Gasteiger partial charge in [0.15, 0.2) is 0 Å². The zero-order valence-electron chi connectivity index (χ0n) is 11.9. The highest BCUT2D eigenvalue weighted by Crippen LogP contribution is 2.19. The summed E-state index contributed by atoms with van der Waals surface area (Å²) < 4.78 is 0. The van der Waals surface area contributed by atoms with Crippen molar-refractivity contribution in [1.82, 2.24) is 0 Å². The van der Waals surface area contributed by atoms with Gasteiger partial charge in [-0.25, -0.2) is 0 Å². The molecule has 1 rings (SSSR count). The van der Waals surface area contributed by atoms with Gasteiger partial charge in [-0.3, -0.25) is 0 Å². The van der Waals surface area contributed by atoms with Crippen molar-refractivity contribution in [3.05, 3.63) is 78.9 Å². The van der Waals surface area contributed by atoms with Gasteiger partial charge in [0.25, 0.3) is 0 Å². The zero-order valence-corrected chi connectivity index (χ0v) is 11.9. The largest absolute Gasteiger partial charge is 0.374 e. The zero-order chi connectivity index (χ0) is 14.1. The lowest BCUT2D eigenvalue weighted by Crippen LogP contribution is -2.22. The molecule has 0 spiro atoms. The van der Waals surface area contributed by atoms with Crippen LogP contribution >= 0.6 is 0 Å². The van der Waals surface area contributed by atoms with E-state index in [0.717, 1.165) is 17.7 Å². The monoisotopic (exact) mass is 253 g/mol. The van der Waals surface area contributed by atoms with Gasteiger partial charge >= 0.3 is 0 Å². The molecule has 0 radical (unpaired) electrons. The molecule has 19 heavy (non-hydrogen) atoms. The first kappa shape index (κ1) is 15.0. The third-order valence-electron chi connectivity index (χ3n) is 2.93. The summed E-state index contributed by atoms with van der Waals surface area (Å²) in [7, 11) is 0. The predicted molar refractivity (Wildman–Crippen MR) is 86.4 cm³/mol. The first-order valence-corrected chi connectivity index (χ1v) is 6.68. The number of hydrogen-bond acceptors (Lipinski definition) is 1. The fourth-order valence-corrected chi connectivity index (χ4v) is 1.82. The van der Waals surface area contributed by atoms with Gasteiger partial charge in [-0.05, 0) is 36.6 Å². The number of allylic oxidation sites excluding steroid dienone is 2. The number of para-hydroxylation sites is 1. The van der Waals surface area contributed by atoms with Gasteiger partial charge < -0.3 is 5.32 Å². The Hall–Kier alpha value is -2.02. The lowest BCUT2D eigenvalue weighted by molar-refractivity contribution is 1.00. The van der Waals surface area contributed by atoms with E-state index >= 15 is 0 Å². The van der Waals surface area contributed by atoms with Crippen molar-refractivity contribution < 1.29 is 0 Å². The molecular weight excluding hydrogens is 230 g/mol. The van der Waals surface area contributed by atoms with Crippen LogP contribution in [0.25, 0.3) is 0 Å². The average molecular weight is 253 g/mol. The summed E-state index contributed by atoms with van der Waals surface area (Å²) in [6.45, 7) is 12.1. The van der Waals surface area contributed by atoms with Crippen LogP contribution in [0.3, 0.4) is 0 Å². The first-order valence-electron chi connectivity index (χ1n) is 6.68. The maximum atomic E-state index is 4.09. The highest BCUT2D eigenvalue weighted by Gasteiger charge is 2.13. The summed E-state index contributed by atoms with van der Waals surface area (Å²) >= 11 is 0. The Morgan fingerprint density at radius 2 is 2.00 bits per heavy atom. The Morgan fingerprint density at radius 1 is 1.32 bits per heavy atom. The molecule has 1 N–H and O–H groups in total. The van der Waals surface area contributed by atoms with Crippen molar-refractivity contribution in [2.45, 2.75) is 26.3 Å². The van der Waals surface area contributed by atoms with Crippen LogP contribution in [0.1, 0.15) is 20.3 Å². The maximum absolute atomic E-state index is 4.09. The van der Waals surface area contributed by atoms with Crippen molar-refractivity contribution in [2.24, 2.45) is 0 Å². The van der Waals surface area contributed by atoms with Crippen molar-refractivity contribution in [1.29, 1.82) is 0 Å². The third-order valence-corrected chi connectivity index (χ3v) is 2.93. The Kier molecular flexibility index (Phi) is 6.45. The molecule has 1 heteroatoms. The minimum atomic E-state index is 0.0627. The van der Waals surface area contributed by atoms with E-state index in [1.807, 2.05) is 31.2 Å². The molecule has 100 valence electrons. The van der Waals surface area contributed by atoms with E-state index in [-0.39, 0.29) is 6.04 Å². The summed E-state index contributed by atoms with van der Waals surface area (Å²) in [6, 6.07) is 10.2. The molecule has 0 saturated heterocycles. The molecule has 1 aromatic rings. The van der Waals surface area contributed by atoms with E-state index in [9.17, 15) is 0 Å². The van der Waals surface area contributed by atoms with Gasteiger partial charge in [0.2, 0.25) is 0 Å². The standard InChI is InChI=1S/C18H23N/c1-5-8-12-16(7-3)18(15(4)6-2)19-17-13-10-9-11-14-17/h6-14,18-19H,2,4-5H2,1,3H3/b12-8-,16-7+. The molecule has 1 nitrogen and oxygen atoms in total. The maximum Gasteiger partial charge on any atom is 0.0758 e. The third kappa shape index (κ3) is 4.63. The van der Waals surface area contributed by atoms with Crippen molar-refractivity contribution in [2.75, 3.05) is 5.32 Å². The summed E-state index contributed by atoms with van der Waals surface area (Å²) in [5.41, 5.74) is 3.26. The number of rotatable bonds is 7. The number of anilines is 1. The van der Waals surface area contributed by atoms with Crippen LogP contribution in [-0.2, 0) is 0 Å². The first-order chi connectivity index (χ1) is 9.22. The molecule has 1 unspecified atom stereocenters. The molecule has 0 aliphatic rings. The van der Waals surface area contributed by atoms with E-state index in [1.165, 1.54) is 5.57 Å². The molecule has 0 aliphatic carbocycles. The summed E-state index contributed by atoms with van der Waals surface area (Å²) in [4.78, 5) is 0. The van der Waals surface area contributed by atoms with Crippen LogP contribution in [0.4, 0.5) is 5.69 Å². The van der Waals surface area contributed by atoms with Crippen molar-refractivity contribution >= 4 is 5.69 Å². The Balaban J connectivity index is 2.98. The van der Waals surface area contributed by atoms with Crippen molar-refractivity contribution in [3.63, 3.8) is 0 Å². The fourth-order valence-electron chi connectivity index (χ4n) is 1.82. The molecule has 0 aliphatic heterocycles. The molecule has 0 heterocycles. The van der Waals surface area contributed by atoms with E-state index in [1.54, 1.807) is 0 Å². The highest BCUT2D eigenvalue weighted by molar-refractivity contribution is 5.51. The van der Waals surface area contributed by atoms with E-state index in [2.05, 4.69) is 55.8 Å². The van der Waals surface area contributed by atoms with E-state index in [0.29, 0.717) is 0 Å². The Morgan fingerprint density at radius 3 is 2.53 bits per heavy atom. The molecule has 1 atom stereocenters. The predicted octanol–water partition coefficient (Wildman–Crippen LogP) is 5.12. The smallest absolute Gasteiger partial charge is 0.0758 e. The van der Waals surface area contributed by atoms with Crippen LogP contribution in [0.2, 0.25) is 0 Å². The number of hydrogen-bond donors (Lipinski definition) is 1. The van der Waals surface area contributed by atoms with E-state index < -0.39 is 0 Å². The van der Waals surface area contributed by atoms with Crippen molar-refractivity contribution in [3.8, 4) is 0 Å². The van der Waals surface area contributed by atoms with Gasteiger partial charge in [-0.1, -0.05) is 62.6 Å². The summed E-state index contributed by atoms with van der Waals surface area (Å²) in [5.74, 6) is 0. The van der Waals surface area contributed by atoms with Gasteiger partial charge in [-0.15, -0.1) is 0 Å². The van der Waals surface area contributed by atoms with Gasteiger partial charge in [-0.2, -0.15) is 0 Å². The molecule has 0 fully saturated rings. The second-order valence-electron chi connectivity index (χ2n) is 4.32. The molecular formula is C18H23N. The minimum Gasteiger partial charge on any atom is -0.374 e. The summed E-state index contributed by atoms with van der Waals surface area (Å²) in [5, 5.41) is 3.50.